The highest BCUT2D eigenvalue weighted by atomic mass is 32.1. The zero-order chi connectivity index (χ0) is 15.8. The van der Waals surface area contributed by atoms with E-state index in [2.05, 4.69) is 15.3 Å². The first-order valence-corrected chi connectivity index (χ1v) is 8.18. The number of aromatic amines is 1. The van der Waals surface area contributed by atoms with Gasteiger partial charge in [0.25, 0.3) is 0 Å². The normalized spacial score (nSPS) is 17.7. The third-order valence-electron chi connectivity index (χ3n) is 3.91. The Morgan fingerprint density at radius 2 is 2.39 bits per heavy atom. The number of hydrogen-bond acceptors (Lipinski definition) is 6. The predicted molar refractivity (Wildman–Crippen MR) is 87.9 cm³/mol. The van der Waals surface area contributed by atoms with Gasteiger partial charge in [0.05, 0.1) is 5.52 Å². The van der Waals surface area contributed by atoms with E-state index in [1.165, 1.54) is 11.3 Å². The second kappa shape index (κ2) is 5.54. The Kier molecular flexibility index (Phi) is 3.38. The van der Waals surface area contributed by atoms with Gasteiger partial charge >= 0.3 is 5.76 Å². The van der Waals surface area contributed by atoms with Crippen LogP contribution in [0.1, 0.15) is 12.8 Å². The van der Waals surface area contributed by atoms with E-state index < -0.39 is 5.76 Å². The summed E-state index contributed by atoms with van der Waals surface area (Å²) < 4.78 is 4.95. The number of nitrogens with one attached hydrogen (secondary N) is 2. The molecule has 2 N–H and O–H groups in total. The van der Waals surface area contributed by atoms with E-state index in [4.69, 9.17) is 4.42 Å². The molecular weight excluding hydrogens is 316 g/mol. The van der Waals surface area contributed by atoms with Crippen LogP contribution in [0.4, 0.5) is 10.8 Å². The molecule has 3 aromatic rings. The van der Waals surface area contributed by atoms with Crippen LogP contribution in [0.5, 0.6) is 0 Å². The van der Waals surface area contributed by atoms with Gasteiger partial charge in [0, 0.05) is 23.8 Å². The Morgan fingerprint density at radius 1 is 1.48 bits per heavy atom. The van der Waals surface area contributed by atoms with Crippen molar-refractivity contribution in [2.24, 2.45) is 0 Å². The molecule has 0 unspecified atom stereocenters. The molecule has 1 atom stereocenters. The van der Waals surface area contributed by atoms with E-state index in [9.17, 15) is 9.59 Å². The fraction of sp³-hybridized carbons (Fsp3) is 0.267. The molecule has 0 aliphatic carbocycles. The SMILES string of the molecule is O=C(Nc1ccc2oc(=O)[nH]c2c1)[C@H]1CCCN1c1nccs1. The summed E-state index contributed by atoms with van der Waals surface area (Å²) in [6.45, 7) is 0.833. The lowest BCUT2D eigenvalue weighted by molar-refractivity contribution is -0.117. The van der Waals surface area contributed by atoms with Crippen LogP contribution in [0.3, 0.4) is 0 Å². The number of H-pyrrole nitrogens is 1. The van der Waals surface area contributed by atoms with Gasteiger partial charge in [-0.3, -0.25) is 9.78 Å². The quantitative estimate of drug-likeness (QED) is 0.768. The summed E-state index contributed by atoms with van der Waals surface area (Å²) >= 11 is 1.53. The zero-order valence-electron chi connectivity index (χ0n) is 12.1. The van der Waals surface area contributed by atoms with Gasteiger partial charge in [0.2, 0.25) is 5.91 Å². The number of amides is 1. The second-order valence-electron chi connectivity index (χ2n) is 5.38. The van der Waals surface area contributed by atoms with E-state index in [0.717, 1.165) is 24.5 Å². The molecule has 1 fully saturated rings. The van der Waals surface area contributed by atoms with E-state index in [1.54, 1.807) is 24.4 Å². The summed E-state index contributed by atoms with van der Waals surface area (Å²) in [4.78, 5) is 32.7. The molecule has 1 saturated heterocycles. The highest BCUT2D eigenvalue weighted by molar-refractivity contribution is 7.13. The molecule has 1 amide bonds. The lowest BCUT2D eigenvalue weighted by atomic mass is 10.2. The van der Waals surface area contributed by atoms with Crippen LogP contribution in [0.2, 0.25) is 0 Å². The minimum atomic E-state index is -0.505. The van der Waals surface area contributed by atoms with Crippen molar-refractivity contribution >= 4 is 39.2 Å². The molecule has 7 nitrogen and oxygen atoms in total. The number of carbonyl (C=O) groups is 1. The highest BCUT2D eigenvalue weighted by Crippen LogP contribution is 2.28. The number of aromatic nitrogens is 2. The number of thiazole rings is 1. The third kappa shape index (κ3) is 2.61. The largest absolute Gasteiger partial charge is 0.417 e. The van der Waals surface area contributed by atoms with Gasteiger partial charge in [-0.15, -0.1) is 11.3 Å². The van der Waals surface area contributed by atoms with E-state index in [-0.39, 0.29) is 11.9 Å². The maximum absolute atomic E-state index is 12.6. The zero-order valence-corrected chi connectivity index (χ0v) is 12.9. The van der Waals surface area contributed by atoms with Crippen LogP contribution in [0.25, 0.3) is 11.1 Å². The average molecular weight is 330 g/mol. The lowest BCUT2D eigenvalue weighted by Crippen LogP contribution is -2.39. The van der Waals surface area contributed by atoms with Crippen molar-refractivity contribution in [3.8, 4) is 0 Å². The molecule has 23 heavy (non-hydrogen) atoms. The molecule has 1 aliphatic rings. The van der Waals surface area contributed by atoms with Gasteiger partial charge < -0.3 is 14.6 Å². The van der Waals surface area contributed by atoms with Crippen LogP contribution < -0.4 is 16.0 Å². The summed E-state index contributed by atoms with van der Waals surface area (Å²) in [7, 11) is 0. The van der Waals surface area contributed by atoms with E-state index >= 15 is 0 Å². The van der Waals surface area contributed by atoms with Crippen molar-refractivity contribution in [1.29, 1.82) is 0 Å². The molecule has 0 bridgehead atoms. The van der Waals surface area contributed by atoms with Gasteiger partial charge in [-0.25, -0.2) is 9.78 Å². The summed E-state index contributed by atoms with van der Waals surface area (Å²) in [5, 5.41) is 5.69. The summed E-state index contributed by atoms with van der Waals surface area (Å²) in [5.74, 6) is -0.572. The van der Waals surface area contributed by atoms with E-state index in [1.807, 2.05) is 10.3 Å². The molecule has 4 rings (SSSR count). The number of oxazole rings is 1. The second-order valence-corrected chi connectivity index (χ2v) is 6.25. The lowest BCUT2D eigenvalue weighted by Gasteiger charge is -2.23. The minimum Gasteiger partial charge on any atom is -0.408 e. The summed E-state index contributed by atoms with van der Waals surface area (Å²) in [5.41, 5.74) is 1.67. The highest BCUT2D eigenvalue weighted by Gasteiger charge is 2.32. The number of nitrogens with zero attached hydrogens (tertiary/aromatic N) is 2. The van der Waals surface area contributed by atoms with Crippen LogP contribution in [-0.2, 0) is 4.79 Å². The van der Waals surface area contributed by atoms with Gasteiger partial charge in [-0.2, -0.15) is 0 Å². The Balaban J connectivity index is 1.55. The molecule has 0 radical (unpaired) electrons. The monoisotopic (exact) mass is 330 g/mol. The maximum atomic E-state index is 12.6. The van der Waals surface area contributed by atoms with E-state index in [0.29, 0.717) is 16.8 Å². The van der Waals surface area contributed by atoms with Crippen LogP contribution in [0.15, 0.2) is 39.0 Å². The van der Waals surface area contributed by atoms with Crippen LogP contribution in [-0.4, -0.2) is 28.5 Å². The number of anilines is 2. The first kappa shape index (κ1) is 14.0. The Labute approximate surface area is 134 Å². The van der Waals surface area contributed by atoms with Crippen molar-refractivity contribution in [2.45, 2.75) is 18.9 Å². The van der Waals surface area contributed by atoms with Crippen molar-refractivity contribution in [1.82, 2.24) is 9.97 Å². The van der Waals surface area contributed by atoms with Crippen LogP contribution in [0, 0.1) is 0 Å². The van der Waals surface area contributed by atoms with Gasteiger partial charge in [-0.05, 0) is 31.0 Å². The number of benzene rings is 1. The van der Waals surface area contributed by atoms with Crippen LogP contribution >= 0.6 is 11.3 Å². The average Bonchev–Trinajstić information content (AvgIpc) is 3.25. The first-order valence-electron chi connectivity index (χ1n) is 7.30. The fourth-order valence-electron chi connectivity index (χ4n) is 2.88. The molecule has 0 saturated carbocycles. The van der Waals surface area contributed by atoms with Crippen molar-refractivity contribution in [2.75, 3.05) is 16.8 Å². The number of carbonyl (C=O) groups excluding carboxylic acids is 1. The minimum absolute atomic E-state index is 0.0668. The predicted octanol–water partition coefficient (Wildman–Crippen LogP) is 2.19. The fourth-order valence-corrected chi connectivity index (χ4v) is 3.60. The standard InChI is InChI=1S/C15H14N4O3S/c20-13(11-2-1-6-19(11)14-16-5-7-23-14)17-9-3-4-12-10(8-9)18-15(21)22-12/h3-5,7-8,11H,1-2,6H2,(H,17,20)(H,18,21)/t11-/m1/s1. The summed E-state index contributed by atoms with van der Waals surface area (Å²) in [6, 6.07) is 4.86. The molecule has 0 spiro atoms. The van der Waals surface area contributed by atoms with Crippen molar-refractivity contribution < 1.29 is 9.21 Å². The van der Waals surface area contributed by atoms with Crippen molar-refractivity contribution in [3.63, 3.8) is 0 Å². The maximum Gasteiger partial charge on any atom is 0.417 e. The molecular formula is C15H14N4O3S. The van der Waals surface area contributed by atoms with Gasteiger partial charge in [-0.1, -0.05) is 0 Å². The molecule has 1 aromatic carbocycles. The summed E-state index contributed by atoms with van der Waals surface area (Å²) in [6.07, 6.45) is 3.51. The molecule has 8 heteroatoms. The first-order chi connectivity index (χ1) is 11.2. The number of rotatable bonds is 3. The Hall–Kier alpha value is -2.61. The van der Waals surface area contributed by atoms with Gasteiger partial charge in [0.15, 0.2) is 10.7 Å². The van der Waals surface area contributed by atoms with Crippen molar-refractivity contribution in [3.05, 3.63) is 40.3 Å². The van der Waals surface area contributed by atoms with Gasteiger partial charge in [0.1, 0.15) is 6.04 Å². The molecule has 3 heterocycles. The Bertz CT molecular complexity index is 899. The number of hydrogen-bond donors (Lipinski definition) is 2. The topological polar surface area (TPSA) is 91.2 Å². The third-order valence-corrected chi connectivity index (χ3v) is 4.72. The molecule has 2 aromatic heterocycles. The number of fused-ring (bicyclic) bond motifs is 1. The smallest absolute Gasteiger partial charge is 0.408 e. The molecule has 1 aliphatic heterocycles. The Morgan fingerprint density at radius 3 is 3.22 bits per heavy atom. The molecule has 118 valence electrons.